The molecule has 164 valence electrons. The predicted octanol–water partition coefficient (Wildman–Crippen LogP) is 4.16. The van der Waals surface area contributed by atoms with Gasteiger partial charge in [0.25, 0.3) is 5.91 Å². The summed E-state index contributed by atoms with van der Waals surface area (Å²) in [5.74, 6) is 0.195. The van der Waals surface area contributed by atoms with Crippen molar-refractivity contribution >= 4 is 40.0 Å². The SMILES string of the molecule is COc1ccc(CNC(=O)c2ccc3c(c2)C(=O)C(Cc2ccc(Cl)cc2)S(=O)N3)cc1. The molecule has 1 heterocycles. The maximum absolute atomic E-state index is 13.1. The van der Waals surface area contributed by atoms with E-state index in [9.17, 15) is 13.8 Å². The number of carbonyl (C=O) groups excluding carboxylic acids is 2. The second-order valence-corrected chi connectivity index (χ2v) is 9.18. The maximum Gasteiger partial charge on any atom is 0.251 e. The smallest absolute Gasteiger partial charge is 0.251 e. The first kappa shape index (κ1) is 22.0. The van der Waals surface area contributed by atoms with Crippen molar-refractivity contribution in [2.75, 3.05) is 11.8 Å². The monoisotopic (exact) mass is 468 g/mol. The first-order valence-electron chi connectivity index (χ1n) is 9.95. The van der Waals surface area contributed by atoms with Crippen LogP contribution in [0.25, 0.3) is 0 Å². The number of amides is 1. The average Bonchev–Trinajstić information content (AvgIpc) is 2.81. The highest BCUT2D eigenvalue weighted by molar-refractivity contribution is 7.88. The minimum absolute atomic E-state index is 0.253. The van der Waals surface area contributed by atoms with Gasteiger partial charge in [0.15, 0.2) is 5.78 Å². The summed E-state index contributed by atoms with van der Waals surface area (Å²) >= 11 is 5.92. The first-order valence-corrected chi connectivity index (χ1v) is 11.5. The molecule has 0 saturated heterocycles. The Hall–Kier alpha value is -3.16. The van der Waals surface area contributed by atoms with Crippen molar-refractivity contribution in [1.82, 2.24) is 5.32 Å². The molecule has 8 heteroatoms. The molecule has 1 aliphatic heterocycles. The molecule has 3 aromatic carbocycles. The van der Waals surface area contributed by atoms with Crippen LogP contribution in [-0.4, -0.2) is 28.3 Å². The van der Waals surface area contributed by atoms with E-state index in [-0.39, 0.29) is 11.7 Å². The van der Waals surface area contributed by atoms with Gasteiger partial charge < -0.3 is 14.8 Å². The molecule has 0 aromatic heterocycles. The molecule has 4 rings (SSSR count). The summed E-state index contributed by atoms with van der Waals surface area (Å²) in [6.45, 7) is 0.343. The van der Waals surface area contributed by atoms with Crippen LogP contribution in [0.1, 0.15) is 31.8 Å². The molecular formula is C24H21ClN2O4S. The number of ketones is 1. The van der Waals surface area contributed by atoms with Gasteiger partial charge in [0.05, 0.1) is 12.8 Å². The number of methoxy groups -OCH3 is 1. The Bertz CT molecular complexity index is 1180. The lowest BCUT2D eigenvalue weighted by molar-refractivity contribution is 0.0951. The summed E-state index contributed by atoms with van der Waals surface area (Å²) in [6, 6.07) is 19.3. The van der Waals surface area contributed by atoms with Crippen LogP contribution in [0.15, 0.2) is 66.7 Å². The molecule has 2 N–H and O–H groups in total. The molecular weight excluding hydrogens is 448 g/mol. The van der Waals surface area contributed by atoms with Crippen molar-refractivity contribution in [1.29, 1.82) is 0 Å². The number of Topliss-reactive ketones (excluding diaryl/α,β-unsaturated/α-hetero) is 1. The Morgan fingerprint density at radius 2 is 1.75 bits per heavy atom. The Morgan fingerprint density at radius 3 is 2.44 bits per heavy atom. The lowest BCUT2D eigenvalue weighted by atomic mass is 9.98. The fourth-order valence-corrected chi connectivity index (χ4v) is 4.79. The zero-order valence-corrected chi connectivity index (χ0v) is 18.8. The third-order valence-corrected chi connectivity index (χ3v) is 6.83. The summed E-state index contributed by atoms with van der Waals surface area (Å²) in [7, 11) is 0.0287. The molecule has 32 heavy (non-hydrogen) atoms. The molecule has 1 aliphatic rings. The quantitative estimate of drug-likeness (QED) is 0.569. The van der Waals surface area contributed by atoms with E-state index in [0.717, 1.165) is 16.9 Å². The van der Waals surface area contributed by atoms with Gasteiger partial charge in [-0.15, -0.1) is 0 Å². The van der Waals surface area contributed by atoms with Crippen LogP contribution in [0, 0.1) is 0 Å². The predicted molar refractivity (Wildman–Crippen MR) is 126 cm³/mol. The minimum atomic E-state index is -1.57. The molecule has 2 atom stereocenters. The fourth-order valence-electron chi connectivity index (χ4n) is 3.46. The molecule has 0 bridgehead atoms. The Kier molecular flexibility index (Phi) is 6.58. The number of hydrogen-bond donors (Lipinski definition) is 2. The van der Waals surface area contributed by atoms with Gasteiger partial charge in [-0.25, -0.2) is 4.21 Å². The number of rotatable bonds is 6. The van der Waals surface area contributed by atoms with E-state index in [0.29, 0.717) is 34.8 Å². The van der Waals surface area contributed by atoms with Gasteiger partial charge in [0.2, 0.25) is 0 Å². The van der Waals surface area contributed by atoms with E-state index in [1.807, 2.05) is 36.4 Å². The number of carbonyl (C=O) groups is 2. The van der Waals surface area contributed by atoms with Gasteiger partial charge >= 0.3 is 0 Å². The lowest BCUT2D eigenvalue weighted by Gasteiger charge is -2.24. The molecule has 0 radical (unpaired) electrons. The van der Waals surface area contributed by atoms with Crippen LogP contribution >= 0.6 is 11.6 Å². The topological polar surface area (TPSA) is 84.5 Å². The highest BCUT2D eigenvalue weighted by atomic mass is 35.5. The molecule has 3 aromatic rings. The van der Waals surface area contributed by atoms with Crippen molar-refractivity contribution < 1.29 is 18.5 Å². The van der Waals surface area contributed by atoms with Gasteiger partial charge in [-0.2, -0.15) is 0 Å². The number of fused-ring (bicyclic) bond motifs is 1. The van der Waals surface area contributed by atoms with Crippen molar-refractivity contribution in [3.8, 4) is 5.75 Å². The molecule has 2 unspecified atom stereocenters. The summed E-state index contributed by atoms with van der Waals surface area (Å²) in [5, 5.41) is 2.70. The van der Waals surface area contributed by atoms with Gasteiger partial charge in [-0.3, -0.25) is 9.59 Å². The number of nitrogens with one attached hydrogen (secondary N) is 2. The van der Waals surface area contributed by atoms with Crippen molar-refractivity contribution in [3.05, 3.63) is 94.0 Å². The number of benzene rings is 3. The van der Waals surface area contributed by atoms with E-state index in [2.05, 4.69) is 10.0 Å². The fraction of sp³-hybridized carbons (Fsp3) is 0.167. The standard InChI is InChI=1S/C24H21ClN2O4S/c1-31-19-9-4-16(5-10-19)14-26-24(29)17-6-11-21-20(13-17)23(28)22(32(30)27-21)12-15-2-7-18(25)8-3-15/h2-11,13,22,27H,12,14H2,1H3,(H,26,29). The highest BCUT2D eigenvalue weighted by Gasteiger charge is 2.34. The van der Waals surface area contributed by atoms with E-state index in [1.54, 1.807) is 37.4 Å². The number of halogens is 1. The van der Waals surface area contributed by atoms with E-state index >= 15 is 0 Å². The van der Waals surface area contributed by atoms with Crippen molar-refractivity contribution in [2.24, 2.45) is 0 Å². The summed E-state index contributed by atoms with van der Waals surface area (Å²) in [5.41, 5.74) is 2.98. The van der Waals surface area contributed by atoms with Gasteiger partial charge in [-0.1, -0.05) is 35.9 Å². The molecule has 6 nitrogen and oxygen atoms in total. The van der Waals surface area contributed by atoms with Crippen LogP contribution in [0.5, 0.6) is 5.75 Å². The number of ether oxygens (including phenoxy) is 1. The van der Waals surface area contributed by atoms with E-state index < -0.39 is 16.2 Å². The van der Waals surface area contributed by atoms with Crippen LogP contribution in [0.4, 0.5) is 5.69 Å². The highest BCUT2D eigenvalue weighted by Crippen LogP contribution is 2.28. The summed E-state index contributed by atoms with van der Waals surface area (Å²) in [4.78, 5) is 25.8. The van der Waals surface area contributed by atoms with E-state index in [1.165, 1.54) is 0 Å². The molecule has 0 fully saturated rings. The van der Waals surface area contributed by atoms with E-state index in [4.69, 9.17) is 16.3 Å². The Morgan fingerprint density at radius 1 is 1.06 bits per heavy atom. The molecule has 0 aliphatic carbocycles. The van der Waals surface area contributed by atoms with Crippen LogP contribution in [-0.2, 0) is 24.0 Å². The van der Waals surface area contributed by atoms with Gasteiger partial charge in [0, 0.05) is 22.7 Å². The Balaban J connectivity index is 1.48. The lowest BCUT2D eigenvalue weighted by Crippen LogP contribution is -2.37. The molecule has 0 saturated carbocycles. The van der Waals surface area contributed by atoms with Gasteiger partial charge in [0.1, 0.15) is 22.0 Å². The third kappa shape index (κ3) is 4.84. The zero-order valence-electron chi connectivity index (χ0n) is 17.3. The summed E-state index contributed by atoms with van der Waals surface area (Å²) in [6.07, 6.45) is 0.308. The van der Waals surface area contributed by atoms with Crippen LogP contribution in [0.2, 0.25) is 5.02 Å². The average molecular weight is 469 g/mol. The Labute approximate surface area is 193 Å². The summed E-state index contributed by atoms with van der Waals surface area (Å²) < 4.78 is 20.6. The van der Waals surface area contributed by atoms with Gasteiger partial charge in [-0.05, 0) is 60.0 Å². The minimum Gasteiger partial charge on any atom is -0.497 e. The second-order valence-electron chi connectivity index (χ2n) is 7.37. The molecule has 0 spiro atoms. The number of hydrogen-bond acceptors (Lipinski definition) is 4. The third-order valence-electron chi connectivity index (χ3n) is 5.26. The van der Waals surface area contributed by atoms with Crippen LogP contribution < -0.4 is 14.8 Å². The second kappa shape index (κ2) is 9.54. The van der Waals surface area contributed by atoms with Crippen molar-refractivity contribution in [2.45, 2.75) is 18.2 Å². The molecule has 1 amide bonds. The first-order chi connectivity index (χ1) is 15.4. The zero-order chi connectivity index (χ0) is 22.7. The van der Waals surface area contributed by atoms with Crippen LogP contribution in [0.3, 0.4) is 0 Å². The normalized spacial score (nSPS) is 17.2. The maximum atomic E-state index is 13.1. The van der Waals surface area contributed by atoms with Crippen molar-refractivity contribution in [3.63, 3.8) is 0 Å². The number of anilines is 1. The largest absolute Gasteiger partial charge is 0.497 e.